The molecule has 2 aliphatic carbocycles. The van der Waals surface area contributed by atoms with Crippen LogP contribution in [0.15, 0.2) is 133 Å². The van der Waals surface area contributed by atoms with E-state index in [1.54, 1.807) is 72.8 Å². The Labute approximate surface area is 287 Å². The molecule has 234 valence electrons. The molecular formula is C41H27Cl2NO4. The predicted molar refractivity (Wildman–Crippen MR) is 187 cm³/mol. The Hall–Kier alpha value is -5.10. The molecule has 8 rings (SSSR count). The highest BCUT2D eigenvalue weighted by Gasteiger charge is 2.82. The molecule has 2 amide bonds. The van der Waals surface area contributed by atoms with Crippen molar-refractivity contribution in [3.8, 4) is 0 Å². The van der Waals surface area contributed by atoms with E-state index in [0.29, 0.717) is 43.6 Å². The van der Waals surface area contributed by atoms with Gasteiger partial charge in [-0.3, -0.25) is 19.2 Å². The van der Waals surface area contributed by atoms with Crippen LogP contribution in [0.3, 0.4) is 0 Å². The predicted octanol–water partition coefficient (Wildman–Crippen LogP) is 8.38. The molecule has 7 heteroatoms. The highest BCUT2D eigenvalue weighted by molar-refractivity contribution is 6.39. The third-order valence-corrected chi connectivity index (χ3v) is 10.7. The number of imide groups is 1. The lowest BCUT2D eigenvalue weighted by Crippen LogP contribution is -2.45. The summed E-state index contributed by atoms with van der Waals surface area (Å²) >= 11 is 12.8. The van der Waals surface area contributed by atoms with Crippen LogP contribution in [0.4, 0.5) is 5.69 Å². The van der Waals surface area contributed by atoms with Crippen LogP contribution >= 0.6 is 23.2 Å². The van der Waals surface area contributed by atoms with Crippen molar-refractivity contribution in [2.45, 2.75) is 17.8 Å². The second-order valence-electron chi connectivity index (χ2n) is 12.5. The molecule has 1 aliphatic heterocycles. The second-order valence-corrected chi connectivity index (χ2v) is 13.4. The maximum atomic E-state index is 16.0. The van der Waals surface area contributed by atoms with Crippen molar-refractivity contribution in [1.29, 1.82) is 0 Å². The van der Waals surface area contributed by atoms with Crippen LogP contribution in [-0.4, -0.2) is 23.4 Å². The lowest BCUT2D eigenvalue weighted by Gasteiger charge is -2.39. The maximum absolute atomic E-state index is 16.0. The minimum atomic E-state index is -1.57. The first kappa shape index (κ1) is 30.2. The molecule has 5 aromatic carbocycles. The van der Waals surface area contributed by atoms with E-state index in [1.165, 1.54) is 11.8 Å². The minimum Gasteiger partial charge on any atom is -0.297 e. The van der Waals surface area contributed by atoms with E-state index in [4.69, 9.17) is 23.2 Å². The zero-order chi connectivity index (χ0) is 33.4. The fourth-order valence-electron chi connectivity index (χ4n) is 8.48. The molecule has 1 saturated carbocycles. The van der Waals surface area contributed by atoms with Crippen molar-refractivity contribution < 1.29 is 19.2 Å². The maximum Gasteiger partial charge on any atom is 0.239 e. The lowest BCUT2D eigenvalue weighted by molar-refractivity contribution is -0.130. The molecule has 5 nitrogen and oxygen atoms in total. The van der Waals surface area contributed by atoms with Crippen molar-refractivity contribution in [3.05, 3.63) is 171 Å². The minimum absolute atomic E-state index is 0.193. The molecule has 0 unspecified atom stereocenters. The van der Waals surface area contributed by atoms with Gasteiger partial charge >= 0.3 is 0 Å². The Kier molecular flexibility index (Phi) is 6.92. The van der Waals surface area contributed by atoms with Gasteiger partial charge in [0.1, 0.15) is 0 Å². The number of amides is 2. The first-order chi connectivity index (χ1) is 23.2. The van der Waals surface area contributed by atoms with Crippen molar-refractivity contribution in [3.63, 3.8) is 0 Å². The quantitative estimate of drug-likeness (QED) is 0.135. The van der Waals surface area contributed by atoms with Crippen LogP contribution in [0.2, 0.25) is 10.0 Å². The third kappa shape index (κ3) is 3.92. The van der Waals surface area contributed by atoms with E-state index in [-0.39, 0.29) is 11.6 Å². The average molecular weight is 669 g/mol. The van der Waals surface area contributed by atoms with E-state index in [9.17, 15) is 4.79 Å². The number of allylic oxidation sites excluding steroid dienone is 2. The fraction of sp³-hybridized carbons (Fsp3) is 0.122. The van der Waals surface area contributed by atoms with Gasteiger partial charge in [-0.15, -0.1) is 0 Å². The average Bonchev–Trinajstić information content (AvgIpc) is 3.61. The molecule has 4 atom stereocenters. The molecule has 1 saturated heterocycles. The number of nitrogens with zero attached hydrogens (tertiary/aromatic N) is 1. The van der Waals surface area contributed by atoms with Crippen LogP contribution < -0.4 is 4.90 Å². The summed E-state index contributed by atoms with van der Waals surface area (Å²) in [4.78, 5) is 59.8. The van der Waals surface area contributed by atoms with Gasteiger partial charge in [-0.2, -0.15) is 0 Å². The smallest absolute Gasteiger partial charge is 0.239 e. The second kappa shape index (κ2) is 11.0. The number of benzene rings is 5. The van der Waals surface area contributed by atoms with Gasteiger partial charge in [-0.25, -0.2) is 4.90 Å². The topological polar surface area (TPSA) is 71.5 Å². The Bertz CT molecular complexity index is 2070. The van der Waals surface area contributed by atoms with Crippen LogP contribution in [0.5, 0.6) is 0 Å². The molecule has 0 spiro atoms. The summed E-state index contributed by atoms with van der Waals surface area (Å²) in [6.45, 7) is 1.44. The van der Waals surface area contributed by atoms with Gasteiger partial charge in [-0.05, 0) is 76.7 Å². The van der Waals surface area contributed by atoms with Crippen LogP contribution in [-0.2, 0) is 25.2 Å². The molecule has 2 fully saturated rings. The van der Waals surface area contributed by atoms with E-state index < -0.39 is 34.5 Å². The third-order valence-electron chi connectivity index (χ3n) is 10.2. The molecule has 3 aliphatic rings. The summed E-state index contributed by atoms with van der Waals surface area (Å²) in [6.07, 6.45) is 0. The van der Waals surface area contributed by atoms with Gasteiger partial charge in [0.25, 0.3) is 0 Å². The number of rotatable bonds is 6. The van der Waals surface area contributed by atoms with E-state index in [2.05, 4.69) is 0 Å². The SMILES string of the molecule is CC(=O)c1cccc(N2C(=O)[C@H]3[C@H](C2=O)[C@@]2(c4ccc(Cl)cc4)C(=O)[C@@]3(c3ccc(Cl)cc3)C(c3ccccc3)=C2c2ccccc2)c1. The molecule has 0 N–H and O–H groups in total. The zero-order valence-corrected chi connectivity index (χ0v) is 27.2. The van der Waals surface area contributed by atoms with Gasteiger partial charge in [0.15, 0.2) is 11.6 Å². The van der Waals surface area contributed by atoms with E-state index in [0.717, 1.165) is 11.1 Å². The molecule has 5 aromatic rings. The number of fused-ring (bicyclic) bond motifs is 5. The van der Waals surface area contributed by atoms with E-state index >= 15 is 14.4 Å². The molecule has 48 heavy (non-hydrogen) atoms. The first-order valence-corrected chi connectivity index (χ1v) is 16.4. The molecule has 0 aromatic heterocycles. The summed E-state index contributed by atoms with van der Waals surface area (Å²) in [5.41, 5.74) is 1.58. The summed E-state index contributed by atoms with van der Waals surface area (Å²) < 4.78 is 0. The standard InChI is InChI=1S/C41H27Cl2NO4/c1-24(45)27-13-8-14-32(23-27)44-37(46)35-36(38(44)47)41(29-17-21-31(43)22-18-29)34(26-11-6-3-7-12-26)33(25-9-4-2-5-10-25)40(35,39(41)48)28-15-19-30(42)20-16-28/h2-23,35-36H,1H3/t35-,36-,40+,41+/m1/s1. The van der Waals surface area contributed by atoms with Crippen LogP contribution in [0.25, 0.3) is 11.1 Å². The lowest BCUT2D eigenvalue weighted by atomic mass is 9.59. The van der Waals surface area contributed by atoms with Crippen molar-refractivity contribution >= 4 is 63.4 Å². The number of anilines is 1. The molecule has 2 bridgehead atoms. The number of carbonyl (C=O) groups is 4. The number of ketones is 2. The van der Waals surface area contributed by atoms with Crippen molar-refractivity contribution in [2.75, 3.05) is 4.90 Å². The van der Waals surface area contributed by atoms with Gasteiger partial charge in [0, 0.05) is 15.6 Å². The molecule has 1 heterocycles. The summed E-state index contributed by atoms with van der Waals surface area (Å²) in [5, 5.41) is 0.952. The van der Waals surface area contributed by atoms with Gasteiger partial charge in [-0.1, -0.05) is 120 Å². The van der Waals surface area contributed by atoms with Gasteiger partial charge in [0.2, 0.25) is 11.8 Å². The number of carbonyl (C=O) groups excluding carboxylic acids is 4. The highest BCUT2D eigenvalue weighted by atomic mass is 35.5. The monoisotopic (exact) mass is 667 g/mol. The number of halogens is 2. The largest absolute Gasteiger partial charge is 0.297 e. The Balaban J connectivity index is 1.54. The summed E-state index contributed by atoms with van der Waals surface area (Å²) in [5.74, 6) is -3.63. The van der Waals surface area contributed by atoms with Gasteiger partial charge in [0.05, 0.1) is 28.4 Å². The Morgan fingerprint density at radius 2 is 1.02 bits per heavy atom. The summed E-state index contributed by atoms with van der Waals surface area (Å²) in [6, 6.07) is 39.8. The van der Waals surface area contributed by atoms with Crippen molar-refractivity contribution in [2.24, 2.45) is 11.8 Å². The van der Waals surface area contributed by atoms with Crippen LogP contribution in [0, 0.1) is 11.8 Å². The number of hydrogen-bond donors (Lipinski definition) is 0. The van der Waals surface area contributed by atoms with Gasteiger partial charge < -0.3 is 0 Å². The summed E-state index contributed by atoms with van der Waals surface area (Å²) in [7, 11) is 0. The van der Waals surface area contributed by atoms with Crippen LogP contribution in [0.1, 0.15) is 39.5 Å². The Morgan fingerprint density at radius 1 is 0.583 bits per heavy atom. The number of Topliss-reactive ketones (excluding diaryl/α,β-unsaturated/α-hetero) is 2. The number of hydrogen-bond acceptors (Lipinski definition) is 4. The normalized spacial score (nSPS) is 24.4. The van der Waals surface area contributed by atoms with Crippen molar-refractivity contribution in [1.82, 2.24) is 0 Å². The molecule has 0 radical (unpaired) electrons. The Morgan fingerprint density at radius 3 is 1.44 bits per heavy atom. The molecular weight excluding hydrogens is 641 g/mol. The fourth-order valence-corrected chi connectivity index (χ4v) is 8.73. The highest BCUT2D eigenvalue weighted by Crippen LogP contribution is 2.74. The first-order valence-electron chi connectivity index (χ1n) is 15.6. The van der Waals surface area contributed by atoms with E-state index in [1.807, 2.05) is 60.7 Å². The zero-order valence-electron chi connectivity index (χ0n) is 25.7.